The molecule has 21 heavy (non-hydrogen) atoms. The predicted octanol–water partition coefficient (Wildman–Crippen LogP) is 3.60. The SMILES string of the molecule is Nc1cc(/C=C/S(=O)(=O)Cc2ccc(I)cc2)ccc1F. The van der Waals surface area contributed by atoms with Crippen molar-refractivity contribution in [2.75, 3.05) is 5.73 Å². The predicted molar refractivity (Wildman–Crippen MR) is 91.6 cm³/mol. The number of sulfone groups is 1. The molecule has 0 fully saturated rings. The summed E-state index contributed by atoms with van der Waals surface area (Å²) >= 11 is 2.16. The zero-order valence-corrected chi connectivity index (χ0v) is 13.9. The third-order valence-corrected chi connectivity index (χ3v) is 4.77. The maximum absolute atomic E-state index is 13.0. The number of anilines is 1. The highest BCUT2D eigenvalue weighted by Gasteiger charge is 2.08. The average molecular weight is 417 g/mol. The van der Waals surface area contributed by atoms with Crippen LogP contribution < -0.4 is 5.73 Å². The van der Waals surface area contributed by atoms with Crippen LogP contribution in [0.2, 0.25) is 0 Å². The Morgan fingerprint density at radius 2 is 1.81 bits per heavy atom. The van der Waals surface area contributed by atoms with Crippen LogP contribution in [0, 0.1) is 9.39 Å². The van der Waals surface area contributed by atoms with Gasteiger partial charge in [-0.15, -0.1) is 0 Å². The molecule has 0 heterocycles. The molecule has 2 N–H and O–H groups in total. The highest BCUT2D eigenvalue weighted by Crippen LogP contribution is 2.15. The van der Waals surface area contributed by atoms with Gasteiger partial charge in [-0.1, -0.05) is 18.2 Å². The second-order valence-electron chi connectivity index (χ2n) is 4.52. The first-order valence-corrected chi connectivity index (χ1v) is 8.85. The molecule has 0 aliphatic carbocycles. The standard InChI is InChI=1S/C15H13FINO2S/c16-14-6-3-11(9-15(14)18)7-8-21(19,20)10-12-1-4-13(17)5-2-12/h1-9H,10,18H2/b8-7+. The van der Waals surface area contributed by atoms with Crippen molar-refractivity contribution < 1.29 is 12.8 Å². The Labute approximate surface area is 136 Å². The normalized spacial score (nSPS) is 11.9. The van der Waals surface area contributed by atoms with Crippen molar-refractivity contribution in [2.24, 2.45) is 0 Å². The molecule has 0 saturated carbocycles. The summed E-state index contributed by atoms with van der Waals surface area (Å²) in [7, 11) is -3.39. The lowest BCUT2D eigenvalue weighted by Crippen LogP contribution is -2.00. The molecule has 0 aliphatic heterocycles. The number of halogens is 2. The lowest BCUT2D eigenvalue weighted by atomic mass is 10.2. The van der Waals surface area contributed by atoms with Crippen molar-refractivity contribution in [1.82, 2.24) is 0 Å². The third kappa shape index (κ3) is 4.82. The Morgan fingerprint density at radius 3 is 2.43 bits per heavy atom. The Bertz CT molecular complexity index is 771. The smallest absolute Gasteiger partial charge is 0.175 e. The fraction of sp³-hybridized carbons (Fsp3) is 0.0667. The van der Waals surface area contributed by atoms with Crippen LogP contribution in [0.25, 0.3) is 6.08 Å². The van der Waals surface area contributed by atoms with E-state index in [2.05, 4.69) is 22.6 Å². The maximum atomic E-state index is 13.0. The Balaban J connectivity index is 2.14. The van der Waals surface area contributed by atoms with Crippen molar-refractivity contribution in [3.63, 3.8) is 0 Å². The number of nitrogens with two attached hydrogens (primary N) is 1. The molecule has 0 saturated heterocycles. The molecule has 0 unspecified atom stereocenters. The Hall–Kier alpha value is -1.41. The number of rotatable bonds is 4. The van der Waals surface area contributed by atoms with Gasteiger partial charge in [0.25, 0.3) is 0 Å². The van der Waals surface area contributed by atoms with Crippen molar-refractivity contribution in [3.8, 4) is 0 Å². The number of benzene rings is 2. The van der Waals surface area contributed by atoms with E-state index in [1.165, 1.54) is 24.3 Å². The topological polar surface area (TPSA) is 60.2 Å². The van der Waals surface area contributed by atoms with Gasteiger partial charge in [-0.05, 0) is 64.1 Å². The van der Waals surface area contributed by atoms with E-state index in [0.29, 0.717) is 5.56 Å². The van der Waals surface area contributed by atoms with Crippen molar-refractivity contribution in [3.05, 3.63) is 68.4 Å². The van der Waals surface area contributed by atoms with Gasteiger partial charge in [0.05, 0.1) is 11.4 Å². The fourth-order valence-electron chi connectivity index (χ4n) is 1.71. The molecule has 0 bridgehead atoms. The quantitative estimate of drug-likeness (QED) is 0.611. The Morgan fingerprint density at radius 1 is 1.14 bits per heavy atom. The third-order valence-electron chi connectivity index (χ3n) is 2.77. The minimum atomic E-state index is -3.39. The summed E-state index contributed by atoms with van der Waals surface area (Å²) in [6.45, 7) is 0. The molecule has 6 heteroatoms. The average Bonchev–Trinajstić information content (AvgIpc) is 2.43. The minimum absolute atomic E-state index is 0.00724. The molecule has 0 spiro atoms. The molecular formula is C15H13FINO2S. The molecule has 2 aromatic carbocycles. The van der Waals surface area contributed by atoms with Gasteiger partial charge >= 0.3 is 0 Å². The van der Waals surface area contributed by atoms with Gasteiger partial charge in [-0.2, -0.15) is 0 Å². The molecule has 3 nitrogen and oxygen atoms in total. The summed E-state index contributed by atoms with van der Waals surface area (Å²) in [5, 5.41) is 1.12. The fourth-order valence-corrected chi connectivity index (χ4v) is 3.19. The molecule has 2 aromatic rings. The van der Waals surface area contributed by atoms with Crippen LogP contribution in [0.4, 0.5) is 10.1 Å². The van der Waals surface area contributed by atoms with E-state index in [4.69, 9.17) is 5.73 Å². The molecule has 0 aliphatic rings. The highest BCUT2D eigenvalue weighted by molar-refractivity contribution is 14.1. The first kappa shape index (κ1) is 16.0. The van der Waals surface area contributed by atoms with Gasteiger partial charge < -0.3 is 5.73 Å². The summed E-state index contributed by atoms with van der Waals surface area (Å²) in [5.74, 6) is -0.592. The van der Waals surface area contributed by atoms with E-state index in [-0.39, 0.29) is 11.4 Å². The number of hydrogen-bond acceptors (Lipinski definition) is 3. The van der Waals surface area contributed by atoms with Gasteiger partial charge in [-0.25, -0.2) is 12.8 Å². The van der Waals surface area contributed by atoms with Crippen LogP contribution in [0.5, 0.6) is 0 Å². The van der Waals surface area contributed by atoms with Crippen LogP contribution in [0.15, 0.2) is 47.9 Å². The van der Waals surface area contributed by atoms with Gasteiger partial charge in [0.1, 0.15) is 5.82 Å². The second kappa shape index (κ2) is 6.57. The first-order chi connectivity index (χ1) is 9.85. The monoisotopic (exact) mass is 417 g/mol. The first-order valence-electron chi connectivity index (χ1n) is 6.06. The highest BCUT2D eigenvalue weighted by atomic mass is 127. The summed E-state index contributed by atoms with van der Waals surface area (Å²) in [6.07, 6.45) is 1.41. The van der Waals surface area contributed by atoms with Gasteiger partial charge in [0.2, 0.25) is 0 Å². The maximum Gasteiger partial charge on any atom is 0.175 e. The van der Waals surface area contributed by atoms with Crippen molar-refractivity contribution in [2.45, 2.75) is 5.75 Å². The molecular weight excluding hydrogens is 404 g/mol. The van der Waals surface area contributed by atoms with Crippen LogP contribution in [-0.4, -0.2) is 8.42 Å². The molecule has 0 amide bonds. The van der Waals surface area contributed by atoms with E-state index in [0.717, 1.165) is 14.5 Å². The number of nitrogen functional groups attached to an aromatic ring is 1. The lowest BCUT2D eigenvalue weighted by molar-refractivity contribution is 0.604. The van der Waals surface area contributed by atoms with E-state index in [9.17, 15) is 12.8 Å². The molecule has 0 radical (unpaired) electrons. The van der Waals surface area contributed by atoms with Crippen LogP contribution in [-0.2, 0) is 15.6 Å². The zero-order valence-electron chi connectivity index (χ0n) is 11.0. The second-order valence-corrected chi connectivity index (χ2v) is 7.65. The van der Waals surface area contributed by atoms with E-state index in [1.54, 1.807) is 12.1 Å². The van der Waals surface area contributed by atoms with Crippen LogP contribution >= 0.6 is 22.6 Å². The van der Waals surface area contributed by atoms with Gasteiger partial charge in [0.15, 0.2) is 9.84 Å². The summed E-state index contributed by atoms with van der Waals surface area (Å²) in [5.41, 5.74) is 6.69. The van der Waals surface area contributed by atoms with Crippen LogP contribution in [0.3, 0.4) is 0 Å². The summed E-state index contributed by atoms with van der Waals surface area (Å²) < 4.78 is 38.1. The van der Waals surface area contributed by atoms with Crippen molar-refractivity contribution in [1.29, 1.82) is 0 Å². The van der Waals surface area contributed by atoms with Gasteiger partial charge in [-0.3, -0.25) is 0 Å². The molecule has 110 valence electrons. The van der Waals surface area contributed by atoms with Gasteiger partial charge in [0, 0.05) is 8.98 Å². The van der Waals surface area contributed by atoms with E-state index in [1.807, 2.05) is 12.1 Å². The molecule has 0 aromatic heterocycles. The lowest BCUT2D eigenvalue weighted by Gasteiger charge is -2.01. The summed E-state index contributed by atoms with van der Waals surface area (Å²) in [6, 6.07) is 11.4. The zero-order chi connectivity index (χ0) is 15.5. The minimum Gasteiger partial charge on any atom is -0.396 e. The van der Waals surface area contributed by atoms with E-state index >= 15 is 0 Å². The largest absolute Gasteiger partial charge is 0.396 e. The van der Waals surface area contributed by atoms with E-state index < -0.39 is 15.7 Å². The van der Waals surface area contributed by atoms with Crippen LogP contribution in [0.1, 0.15) is 11.1 Å². The summed E-state index contributed by atoms with van der Waals surface area (Å²) in [4.78, 5) is 0. The Kier molecular flexibility index (Phi) is 5.00. The molecule has 0 atom stereocenters. The number of hydrogen-bond donors (Lipinski definition) is 1. The molecule has 2 rings (SSSR count). The van der Waals surface area contributed by atoms with Crippen molar-refractivity contribution >= 4 is 44.2 Å².